The van der Waals surface area contributed by atoms with Crippen molar-refractivity contribution in [3.63, 3.8) is 0 Å². The van der Waals surface area contributed by atoms with Crippen LogP contribution in [0.4, 0.5) is 0 Å². The second kappa shape index (κ2) is 6.75. The Balaban J connectivity index is 1.51. The lowest BCUT2D eigenvalue weighted by Crippen LogP contribution is -1.84. The van der Waals surface area contributed by atoms with Gasteiger partial charge in [0.1, 0.15) is 17.1 Å². The second-order valence-corrected chi connectivity index (χ2v) is 8.63. The molecule has 0 atom stereocenters. The number of rotatable bonds is 3. The molecule has 0 saturated carbocycles. The van der Waals surface area contributed by atoms with Crippen molar-refractivity contribution in [2.75, 3.05) is 0 Å². The number of aromatic hydroxyl groups is 1. The first-order chi connectivity index (χ1) is 15.2. The number of hydrogen-bond acceptors (Lipinski definition) is 6. The number of nitrogens with zero attached hydrogens (tertiary/aromatic N) is 4. The van der Waals surface area contributed by atoms with Crippen LogP contribution >= 0.6 is 11.3 Å². The molecule has 8 heteroatoms. The maximum absolute atomic E-state index is 9.77. The molecule has 0 spiro atoms. The quantitative estimate of drug-likeness (QED) is 0.357. The molecule has 0 amide bonds. The first kappa shape index (κ1) is 17.8. The van der Waals surface area contributed by atoms with E-state index in [4.69, 9.17) is 0 Å². The highest BCUT2D eigenvalue weighted by Gasteiger charge is 2.16. The summed E-state index contributed by atoms with van der Waals surface area (Å²) in [5, 5.41) is 19.2. The fourth-order valence-corrected chi connectivity index (χ4v) is 4.71. The van der Waals surface area contributed by atoms with Gasteiger partial charge >= 0.3 is 0 Å². The maximum Gasteiger partial charge on any atom is 0.155 e. The molecule has 6 aromatic heterocycles. The second-order valence-electron chi connectivity index (χ2n) is 7.34. The van der Waals surface area contributed by atoms with E-state index in [9.17, 15) is 5.11 Å². The monoisotopic (exact) mass is 424 g/mol. The maximum atomic E-state index is 9.77. The first-order valence-electron chi connectivity index (χ1n) is 9.69. The zero-order valence-corrected chi connectivity index (χ0v) is 17.2. The van der Waals surface area contributed by atoms with E-state index in [-0.39, 0.29) is 5.75 Å². The summed E-state index contributed by atoms with van der Waals surface area (Å²) in [5.41, 5.74) is 5.92. The number of pyridine rings is 3. The number of H-pyrrole nitrogens is 2. The number of nitrogens with one attached hydrogen (secondary N) is 2. The van der Waals surface area contributed by atoms with Crippen LogP contribution in [0, 0.1) is 6.92 Å². The van der Waals surface area contributed by atoms with Crippen molar-refractivity contribution in [2.24, 2.45) is 0 Å². The van der Waals surface area contributed by atoms with Gasteiger partial charge in [0.15, 0.2) is 5.65 Å². The van der Waals surface area contributed by atoms with Crippen LogP contribution in [0.3, 0.4) is 0 Å². The van der Waals surface area contributed by atoms with Crippen LogP contribution in [-0.4, -0.2) is 35.2 Å². The lowest BCUT2D eigenvalue weighted by atomic mass is 10.1. The normalized spacial score (nSPS) is 11.5. The molecule has 0 aliphatic rings. The molecule has 150 valence electrons. The minimum absolute atomic E-state index is 0.114. The van der Waals surface area contributed by atoms with Crippen molar-refractivity contribution in [3.8, 4) is 38.7 Å². The van der Waals surface area contributed by atoms with Crippen LogP contribution < -0.4 is 0 Å². The third kappa shape index (κ3) is 2.96. The minimum atomic E-state index is 0.114. The molecule has 7 nitrogen and oxygen atoms in total. The van der Waals surface area contributed by atoms with Crippen LogP contribution in [0.15, 0.2) is 61.2 Å². The molecule has 0 radical (unpaired) electrons. The Hall–Kier alpha value is -4.04. The smallest absolute Gasteiger partial charge is 0.155 e. The minimum Gasteiger partial charge on any atom is -0.506 e. The molecule has 0 bridgehead atoms. The van der Waals surface area contributed by atoms with Gasteiger partial charge in [0, 0.05) is 55.8 Å². The molecular weight excluding hydrogens is 408 g/mol. The summed E-state index contributed by atoms with van der Waals surface area (Å²) < 4.78 is 0. The van der Waals surface area contributed by atoms with Gasteiger partial charge in [0.25, 0.3) is 0 Å². The molecular formula is C23H16N6OS. The standard InChI is InChI=1S/C23H16N6OS/c1-12-2-3-20(31-12)16-4-5-25-22-17(16)8-19(27-22)21-18-7-14(10-26-23(18)29-28-21)13-6-15(30)11-24-9-13/h2-11,30H,1H3,(H,25,27)(H,26,28,29). The van der Waals surface area contributed by atoms with Crippen molar-refractivity contribution in [3.05, 3.63) is 66.1 Å². The number of hydrogen-bond donors (Lipinski definition) is 3. The third-order valence-corrected chi connectivity index (χ3v) is 6.30. The lowest BCUT2D eigenvalue weighted by Gasteiger charge is -2.02. The van der Waals surface area contributed by atoms with Crippen LogP contribution in [0.1, 0.15) is 4.88 Å². The fraction of sp³-hybridized carbons (Fsp3) is 0.0435. The summed E-state index contributed by atoms with van der Waals surface area (Å²) in [5.74, 6) is 0.114. The molecule has 0 aliphatic carbocycles. The summed E-state index contributed by atoms with van der Waals surface area (Å²) in [7, 11) is 0. The van der Waals surface area contributed by atoms with E-state index in [2.05, 4.69) is 55.3 Å². The van der Waals surface area contributed by atoms with Gasteiger partial charge in [-0.05, 0) is 43.3 Å². The predicted molar refractivity (Wildman–Crippen MR) is 122 cm³/mol. The SMILES string of the molecule is Cc1ccc(-c2ccnc3[nH]c(-c4n[nH]c5ncc(-c6cncc(O)c6)cc45)cc23)s1. The van der Waals surface area contributed by atoms with Gasteiger partial charge in [0.2, 0.25) is 0 Å². The highest BCUT2D eigenvalue weighted by molar-refractivity contribution is 7.15. The lowest BCUT2D eigenvalue weighted by molar-refractivity contribution is 0.473. The van der Waals surface area contributed by atoms with Crippen molar-refractivity contribution in [1.82, 2.24) is 30.1 Å². The van der Waals surface area contributed by atoms with Gasteiger partial charge in [-0.1, -0.05) is 0 Å². The molecule has 0 fully saturated rings. The van der Waals surface area contributed by atoms with Gasteiger partial charge in [0.05, 0.1) is 11.9 Å². The van der Waals surface area contributed by atoms with Gasteiger partial charge in [-0.2, -0.15) is 5.10 Å². The number of aryl methyl sites for hydroxylation is 1. The molecule has 0 aromatic carbocycles. The molecule has 31 heavy (non-hydrogen) atoms. The predicted octanol–water partition coefficient (Wildman–Crippen LogP) is 5.31. The van der Waals surface area contributed by atoms with Gasteiger partial charge in [-0.25, -0.2) is 9.97 Å². The number of aromatic amines is 2. The Kier molecular flexibility index (Phi) is 3.87. The van der Waals surface area contributed by atoms with Crippen LogP contribution in [0.2, 0.25) is 0 Å². The van der Waals surface area contributed by atoms with E-state index >= 15 is 0 Å². The first-order valence-corrected chi connectivity index (χ1v) is 10.5. The van der Waals surface area contributed by atoms with Crippen molar-refractivity contribution < 1.29 is 5.11 Å². The molecule has 6 heterocycles. The number of fused-ring (bicyclic) bond motifs is 2. The van der Waals surface area contributed by atoms with Crippen molar-refractivity contribution in [1.29, 1.82) is 0 Å². The molecule has 0 saturated heterocycles. The fourth-order valence-electron chi connectivity index (χ4n) is 3.80. The molecule has 0 aliphatic heterocycles. The molecule has 6 rings (SSSR count). The van der Waals surface area contributed by atoms with Crippen LogP contribution in [-0.2, 0) is 0 Å². The van der Waals surface area contributed by atoms with Crippen LogP contribution in [0.5, 0.6) is 5.75 Å². The highest BCUT2D eigenvalue weighted by atomic mass is 32.1. The molecule has 3 N–H and O–H groups in total. The van der Waals surface area contributed by atoms with E-state index in [0.29, 0.717) is 5.65 Å². The Morgan fingerprint density at radius 2 is 1.81 bits per heavy atom. The average Bonchev–Trinajstić information content (AvgIpc) is 3.50. The number of aromatic nitrogens is 6. The molecule has 6 aromatic rings. The Labute approximate surface area is 180 Å². The van der Waals surface area contributed by atoms with Gasteiger partial charge in [-0.3, -0.25) is 10.1 Å². The summed E-state index contributed by atoms with van der Waals surface area (Å²) in [4.78, 5) is 19.0. The number of thiophene rings is 1. The van der Waals surface area contributed by atoms with Crippen molar-refractivity contribution in [2.45, 2.75) is 6.92 Å². The van der Waals surface area contributed by atoms with Crippen LogP contribution in [0.25, 0.3) is 55.0 Å². The van der Waals surface area contributed by atoms with E-state index in [1.54, 1.807) is 29.8 Å². The van der Waals surface area contributed by atoms with Gasteiger partial charge in [-0.15, -0.1) is 11.3 Å². The summed E-state index contributed by atoms with van der Waals surface area (Å²) in [6.07, 6.45) is 6.67. The van der Waals surface area contributed by atoms with E-state index in [0.717, 1.165) is 44.5 Å². The zero-order valence-electron chi connectivity index (χ0n) is 16.4. The van der Waals surface area contributed by atoms with Crippen molar-refractivity contribution >= 4 is 33.4 Å². The molecule has 0 unspecified atom stereocenters. The topological polar surface area (TPSA) is 103 Å². The Bertz CT molecular complexity index is 1580. The highest BCUT2D eigenvalue weighted by Crippen LogP contribution is 2.36. The Morgan fingerprint density at radius 3 is 2.65 bits per heavy atom. The summed E-state index contributed by atoms with van der Waals surface area (Å²) in [6, 6.07) is 12.1. The largest absolute Gasteiger partial charge is 0.506 e. The average molecular weight is 424 g/mol. The van der Waals surface area contributed by atoms with E-state index in [1.807, 2.05) is 18.3 Å². The Morgan fingerprint density at radius 1 is 0.903 bits per heavy atom. The van der Waals surface area contributed by atoms with E-state index in [1.165, 1.54) is 16.0 Å². The summed E-state index contributed by atoms with van der Waals surface area (Å²) >= 11 is 1.77. The third-order valence-electron chi connectivity index (χ3n) is 5.27. The van der Waals surface area contributed by atoms with Gasteiger partial charge < -0.3 is 10.1 Å². The summed E-state index contributed by atoms with van der Waals surface area (Å²) in [6.45, 7) is 2.11. The zero-order chi connectivity index (χ0) is 20.9. The van der Waals surface area contributed by atoms with E-state index < -0.39 is 0 Å².